The molecule has 0 saturated heterocycles. The summed E-state index contributed by atoms with van der Waals surface area (Å²) in [4.78, 5) is 0. The number of ether oxygens (including phenoxy) is 2. The van der Waals surface area contributed by atoms with Gasteiger partial charge in [-0.05, 0) is 35.4 Å². The van der Waals surface area contributed by atoms with Gasteiger partial charge in [-0.3, -0.25) is 0 Å². The zero-order valence-corrected chi connectivity index (χ0v) is 10.7. The molecule has 2 aromatic rings. The third-order valence-corrected chi connectivity index (χ3v) is 3.35. The molecule has 4 nitrogen and oxygen atoms in total. The van der Waals surface area contributed by atoms with Crippen LogP contribution in [0.1, 0.15) is 11.1 Å². The van der Waals surface area contributed by atoms with Crippen molar-refractivity contribution in [1.29, 1.82) is 0 Å². The van der Waals surface area contributed by atoms with Crippen LogP contribution in [-0.2, 0) is 0 Å². The maximum absolute atomic E-state index is 9.31. The molecule has 1 aliphatic carbocycles. The molecule has 1 aliphatic rings. The molecule has 0 aliphatic heterocycles. The van der Waals surface area contributed by atoms with E-state index in [2.05, 4.69) is 5.16 Å². The molecular formula is C15H13NO3. The van der Waals surface area contributed by atoms with Gasteiger partial charge < -0.3 is 14.7 Å². The molecule has 96 valence electrons. The molecule has 0 amide bonds. The predicted octanol–water partition coefficient (Wildman–Crippen LogP) is 2.91. The molecule has 0 unspecified atom stereocenters. The maximum atomic E-state index is 9.31. The third kappa shape index (κ3) is 1.57. The zero-order valence-electron chi connectivity index (χ0n) is 10.7. The number of oxime groups is 1. The number of benzene rings is 2. The highest BCUT2D eigenvalue weighted by Crippen LogP contribution is 2.42. The zero-order chi connectivity index (χ0) is 13.4. The molecule has 4 heteroatoms. The van der Waals surface area contributed by atoms with Gasteiger partial charge in [-0.25, -0.2) is 0 Å². The topological polar surface area (TPSA) is 51.0 Å². The minimum absolute atomic E-state index is 0.533. The molecule has 3 rings (SSSR count). The number of fused-ring (bicyclic) bond motifs is 3. The first-order chi connectivity index (χ1) is 9.30. The largest absolute Gasteiger partial charge is 0.497 e. The predicted molar refractivity (Wildman–Crippen MR) is 72.4 cm³/mol. The fourth-order valence-electron chi connectivity index (χ4n) is 2.49. The van der Waals surface area contributed by atoms with Crippen molar-refractivity contribution in [3.05, 3.63) is 47.5 Å². The minimum Gasteiger partial charge on any atom is -0.497 e. The van der Waals surface area contributed by atoms with Crippen LogP contribution in [0.15, 0.2) is 41.6 Å². The quantitative estimate of drug-likeness (QED) is 0.566. The first-order valence-electron chi connectivity index (χ1n) is 5.88. The number of nitrogens with zero attached hydrogens (tertiary/aromatic N) is 1. The van der Waals surface area contributed by atoms with Gasteiger partial charge >= 0.3 is 0 Å². The van der Waals surface area contributed by atoms with Crippen molar-refractivity contribution in [2.75, 3.05) is 14.2 Å². The molecule has 0 atom stereocenters. The summed E-state index contributed by atoms with van der Waals surface area (Å²) in [6.45, 7) is 0. The van der Waals surface area contributed by atoms with Crippen molar-refractivity contribution >= 4 is 5.71 Å². The van der Waals surface area contributed by atoms with E-state index in [-0.39, 0.29) is 0 Å². The van der Waals surface area contributed by atoms with Crippen LogP contribution in [0.4, 0.5) is 0 Å². The van der Waals surface area contributed by atoms with E-state index in [0.717, 1.165) is 28.0 Å². The van der Waals surface area contributed by atoms with Gasteiger partial charge in [0.05, 0.1) is 19.8 Å². The summed E-state index contributed by atoms with van der Waals surface area (Å²) < 4.78 is 10.6. The van der Waals surface area contributed by atoms with Gasteiger partial charge in [-0.1, -0.05) is 17.3 Å². The first-order valence-corrected chi connectivity index (χ1v) is 5.88. The van der Waals surface area contributed by atoms with Gasteiger partial charge in [-0.15, -0.1) is 0 Å². The van der Waals surface area contributed by atoms with Crippen LogP contribution >= 0.6 is 0 Å². The van der Waals surface area contributed by atoms with Gasteiger partial charge in [-0.2, -0.15) is 0 Å². The van der Waals surface area contributed by atoms with E-state index >= 15 is 0 Å². The van der Waals surface area contributed by atoms with E-state index in [1.807, 2.05) is 36.4 Å². The summed E-state index contributed by atoms with van der Waals surface area (Å²) in [6.07, 6.45) is 0. The number of hydrogen-bond donors (Lipinski definition) is 1. The van der Waals surface area contributed by atoms with Gasteiger partial charge in [0, 0.05) is 5.56 Å². The summed E-state index contributed by atoms with van der Waals surface area (Å²) >= 11 is 0. The number of hydrogen-bond acceptors (Lipinski definition) is 4. The highest BCUT2D eigenvalue weighted by Gasteiger charge is 2.28. The Morgan fingerprint density at radius 3 is 2.47 bits per heavy atom. The lowest BCUT2D eigenvalue weighted by atomic mass is 10.1. The molecule has 0 heterocycles. The molecule has 0 radical (unpaired) electrons. The molecule has 0 spiro atoms. The Balaban J connectivity index is 2.33. The average Bonchev–Trinajstić information content (AvgIpc) is 2.80. The molecule has 0 aromatic heterocycles. The number of rotatable bonds is 2. The van der Waals surface area contributed by atoms with Crippen molar-refractivity contribution in [3.63, 3.8) is 0 Å². The second-order valence-corrected chi connectivity index (χ2v) is 4.24. The van der Waals surface area contributed by atoms with Crippen LogP contribution in [-0.4, -0.2) is 25.1 Å². The highest BCUT2D eigenvalue weighted by atomic mass is 16.5. The van der Waals surface area contributed by atoms with E-state index in [1.54, 1.807) is 14.2 Å². The molecule has 0 fully saturated rings. The van der Waals surface area contributed by atoms with Gasteiger partial charge in [0.1, 0.15) is 17.2 Å². The summed E-state index contributed by atoms with van der Waals surface area (Å²) in [6, 6.07) is 11.4. The standard InChI is InChI=1S/C15H13NO3/c1-18-9-6-7-11-12(8-9)10-4-3-5-13(19-2)14(10)15(11)16-17/h3-8,17H,1-2H3. The molecular weight excluding hydrogens is 242 g/mol. The second kappa shape index (κ2) is 4.31. The van der Waals surface area contributed by atoms with Crippen LogP contribution in [0, 0.1) is 0 Å². The van der Waals surface area contributed by atoms with E-state index in [1.165, 1.54) is 0 Å². The fourth-order valence-corrected chi connectivity index (χ4v) is 2.49. The molecule has 0 saturated carbocycles. The van der Waals surface area contributed by atoms with Crippen LogP contribution in [0.3, 0.4) is 0 Å². The van der Waals surface area contributed by atoms with Crippen LogP contribution in [0.5, 0.6) is 11.5 Å². The molecule has 0 bridgehead atoms. The average molecular weight is 255 g/mol. The Hall–Kier alpha value is -2.49. The Morgan fingerprint density at radius 1 is 0.947 bits per heavy atom. The van der Waals surface area contributed by atoms with E-state index in [4.69, 9.17) is 9.47 Å². The monoisotopic (exact) mass is 255 g/mol. The summed E-state index contributed by atoms with van der Waals surface area (Å²) in [7, 11) is 3.23. The van der Waals surface area contributed by atoms with Gasteiger partial charge in [0.15, 0.2) is 0 Å². The van der Waals surface area contributed by atoms with Crippen molar-refractivity contribution in [2.45, 2.75) is 0 Å². The van der Waals surface area contributed by atoms with E-state index in [0.29, 0.717) is 11.5 Å². The third-order valence-electron chi connectivity index (χ3n) is 3.35. The number of methoxy groups -OCH3 is 2. The van der Waals surface area contributed by atoms with Crippen molar-refractivity contribution in [3.8, 4) is 22.6 Å². The molecule has 2 aromatic carbocycles. The van der Waals surface area contributed by atoms with Gasteiger partial charge in [0.2, 0.25) is 0 Å². The molecule has 1 N–H and O–H groups in total. The van der Waals surface area contributed by atoms with Crippen molar-refractivity contribution < 1.29 is 14.7 Å². The van der Waals surface area contributed by atoms with Crippen LogP contribution in [0.2, 0.25) is 0 Å². The lowest BCUT2D eigenvalue weighted by Gasteiger charge is -2.06. The maximum Gasteiger partial charge on any atom is 0.129 e. The SMILES string of the molecule is COc1ccc2c(c1)-c1cccc(OC)c1C2=NO. The Morgan fingerprint density at radius 2 is 1.79 bits per heavy atom. The van der Waals surface area contributed by atoms with Crippen LogP contribution < -0.4 is 9.47 Å². The van der Waals surface area contributed by atoms with Crippen molar-refractivity contribution in [2.24, 2.45) is 5.16 Å². The Bertz CT molecular complexity index is 677. The van der Waals surface area contributed by atoms with E-state index in [9.17, 15) is 5.21 Å². The van der Waals surface area contributed by atoms with Gasteiger partial charge in [0.25, 0.3) is 0 Å². The van der Waals surface area contributed by atoms with Crippen molar-refractivity contribution in [1.82, 2.24) is 0 Å². The Labute approximate surface area is 110 Å². The lowest BCUT2D eigenvalue weighted by Crippen LogP contribution is -2.00. The lowest BCUT2D eigenvalue weighted by molar-refractivity contribution is 0.319. The fraction of sp³-hybridized carbons (Fsp3) is 0.133. The summed E-state index contributed by atoms with van der Waals surface area (Å²) in [5.74, 6) is 1.46. The summed E-state index contributed by atoms with van der Waals surface area (Å²) in [5, 5.41) is 12.7. The first kappa shape index (κ1) is 11.6. The van der Waals surface area contributed by atoms with Crippen LogP contribution in [0.25, 0.3) is 11.1 Å². The minimum atomic E-state index is 0.533. The second-order valence-electron chi connectivity index (χ2n) is 4.24. The Kier molecular flexibility index (Phi) is 2.63. The molecule has 19 heavy (non-hydrogen) atoms. The summed E-state index contributed by atoms with van der Waals surface area (Å²) in [5.41, 5.74) is 4.20. The normalized spacial score (nSPS) is 14.1. The van der Waals surface area contributed by atoms with E-state index < -0.39 is 0 Å². The highest BCUT2D eigenvalue weighted by molar-refractivity contribution is 6.25. The smallest absolute Gasteiger partial charge is 0.129 e.